The van der Waals surface area contributed by atoms with Gasteiger partial charge in [0.05, 0.1) is 21.3 Å². The second-order valence-electron chi connectivity index (χ2n) is 7.78. The molecule has 7 nitrogen and oxygen atoms in total. The first-order valence-corrected chi connectivity index (χ1v) is 10.8. The summed E-state index contributed by atoms with van der Waals surface area (Å²) in [7, 11) is 6.81. The molecule has 0 aromatic heterocycles. The molecule has 1 aromatic rings. The Kier molecular flexibility index (Phi) is 8.25. The Morgan fingerprint density at radius 1 is 1.03 bits per heavy atom. The van der Waals surface area contributed by atoms with Crippen molar-refractivity contribution in [1.29, 1.82) is 0 Å². The average molecular weight is 417 g/mol. The van der Waals surface area contributed by atoms with Crippen LogP contribution >= 0.6 is 0 Å². The van der Waals surface area contributed by atoms with E-state index in [2.05, 4.69) is 26.2 Å². The number of ether oxygens (including phenoxy) is 3. The van der Waals surface area contributed by atoms with Crippen molar-refractivity contribution in [2.24, 2.45) is 4.99 Å². The van der Waals surface area contributed by atoms with E-state index in [1.165, 1.54) is 19.3 Å². The van der Waals surface area contributed by atoms with Gasteiger partial charge in [-0.2, -0.15) is 0 Å². The van der Waals surface area contributed by atoms with Gasteiger partial charge in [0.25, 0.3) is 0 Å². The molecule has 0 radical (unpaired) electrons. The van der Waals surface area contributed by atoms with E-state index in [4.69, 9.17) is 14.2 Å². The molecule has 1 aromatic carbocycles. The number of hydrogen-bond acceptors (Lipinski definition) is 5. The van der Waals surface area contributed by atoms with Crippen molar-refractivity contribution < 1.29 is 14.2 Å². The van der Waals surface area contributed by atoms with Crippen LogP contribution in [0, 0.1) is 0 Å². The summed E-state index contributed by atoms with van der Waals surface area (Å²) in [5, 5.41) is 3.54. The van der Waals surface area contributed by atoms with Crippen LogP contribution in [0.1, 0.15) is 31.2 Å². The van der Waals surface area contributed by atoms with E-state index in [1.54, 1.807) is 26.9 Å². The third kappa shape index (κ3) is 5.59. The standard InChI is InChI=1S/C23H36N4O3/c1-24-23(25-10-9-18-7-5-6-8-18)27-13-11-26(12-14-27)17-19-15-20(28-2)22(30-4)21(16-19)29-3/h7,15-16H,5-6,8-14,17H2,1-4H3,(H,24,25). The molecule has 0 bridgehead atoms. The fraction of sp³-hybridized carbons (Fsp3) is 0.609. The molecule has 0 atom stereocenters. The predicted molar refractivity (Wildman–Crippen MR) is 121 cm³/mol. The summed E-state index contributed by atoms with van der Waals surface area (Å²) in [5.74, 6) is 3.05. The molecule has 0 saturated carbocycles. The molecular formula is C23H36N4O3. The van der Waals surface area contributed by atoms with E-state index in [0.717, 1.165) is 57.2 Å². The van der Waals surface area contributed by atoms with Gasteiger partial charge in [-0.05, 0) is 43.4 Å². The summed E-state index contributed by atoms with van der Waals surface area (Å²) in [6, 6.07) is 4.07. The minimum absolute atomic E-state index is 0.636. The molecule has 1 heterocycles. The molecule has 1 saturated heterocycles. The number of benzene rings is 1. The lowest BCUT2D eigenvalue weighted by atomic mass is 10.1. The van der Waals surface area contributed by atoms with E-state index in [0.29, 0.717) is 17.2 Å². The van der Waals surface area contributed by atoms with Crippen molar-refractivity contribution in [3.05, 3.63) is 29.3 Å². The van der Waals surface area contributed by atoms with E-state index >= 15 is 0 Å². The highest BCUT2D eigenvalue weighted by molar-refractivity contribution is 5.80. The zero-order chi connectivity index (χ0) is 21.3. The Labute approximate surface area is 180 Å². The van der Waals surface area contributed by atoms with Crippen LogP contribution in [0.5, 0.6) is 17.2 Å². The fourth-order valence-corrected chi connectivity index (χ4v) is 4.23. The summed E-state index contributed by atoms with van der Waals surface area (Å²) in [6.07, 6.45) is 7.35. The Morgan fingerprint density at radius 2 is 1.73 bits per heavy atom. The van der Waals surface area contributed by atoms with Crippen LogP contribution in [0.15, 0.2) is 28.8 Å². The maximum absolute atomic E-state index is 5.49. The molecule has 0 unspecified atom stereocenters. The third-order valence-electron chi connectivity index (χ3n) is 5.88. The van der Waals surface area contributed by atoms with Crippen LogP contribution in [-0.2, 0) is 6.54 Å². The van der Waals surface area contributed by atoms with Crippen LogP contribution in [0.3, 0.4) is 0 Å². The van der Waals surface area contributed by atoms with Crippen molar-refractivity contribution in [3.8, 4) is 17.2 Å². The summed E-state index contributed by atoms with van der Waals surface area (Å²) in [5.41, 5.74) is 2.75. The summed E-state index contributed by atoms with van der Waals surface area (Å²) < 4.78 is 16.4. The zero-order valence-electron chi connectivity index (χ0n) is 18.9. The first kappa shape index (κ1) is 22.3. The van der Waals surface area contributed by atoms with Crippen LogP contribution in [0.2, 0.25) is 0 Å². The molecular weight excluding hydrogens is 380 g/mol. The van der Waals surface area contributed by atoms with Gasteiger partial charge in [-0.1, -0.05) is 11.6 Å². The molecule has 0 spiro atoms. The molecule has 0 amide bonds. The molecule has 2 aliphatic rings. The Bertz CT molecular complexity index is 730. The molecule has 1 N–H and O–H groups in total. The zero-order valence-corrected chi connectivity index (χ0v) is 18.9. The second-order valence-corrected chi connectivity index (χ2v) is 7.78. The molecule has 1 fully saturated rings. The lowest BCUT2D eigenvalue weighted by Gasteiger charge is -2.36. The number of nitrogens with one attached hydrogen (secondary N) is 1. The van der Waals surface area contributed by atoms with Gasteiger partial charge in [-0.25, -0.2) is 0 Å². The Morgan fingerprint density at radius 3 is 2.27 bits per heavy atom. The SMILES string of the molecule is CN=C(NCCC1=CCCC1)N1CCN(Cc2cc(OC)c(OC)c(OC)c2)CC1. The highest BCUT2D eigenvalue weighted by Crippen LogP contribution is 2.38. The summed E-state index contributed by atoms with van der Waals surface area (Å²) in [4.78, 5) is 9.30. The van der Waals surface area contributed by atoms with Crippen LogP contribution < -0.4 is 19.5 Å². The number of guanidine groups is 1. The predicted octanol–water partition coefficient (Wildman–Crippen LogP) is 2.91. The van der Waals surface area contributed by atoms with Gasteiger partial charge < -0.3 is 24.4 Å². The van der Waals surface area contributed by atoms with Crippen molar-refractivity contribution in [1.82, 2.24) is 15.1 Å². The normalized spacial score (nSPS) is 17.7. The monoisotopic (exact) mass is 416 g/mol. The first-order valence-electron chi connectivity index (χ1n) is 10.8. The van der Waals surface area contributed by atoms with Gasteiger partial charge >= 0.3 is 0 Å². The van der Waals surface area contributed by atoms with E-state index < -0.39 is 0 Å². The highest BCUT2D eigenvalue weighted by Gasteiger charge is 2.21. The molecule has 30 heavy (non-hydrogen) atoms. The lowest BCUT2D eigenvalue weighted by Crippen LogP contribution is -2.52. The molecule has 3 rings (SSSR count). The van der Waals surface area contributed by atoms with Gasteiger partial charge in [0.2, 0.25) is 5.75 Å². The van der Waals surface area contributed by atoms with Gasteiger partial charge in [0, 0.05) is 46.3 Å². The van der Waals surface area contributed by atoms with Gasteiger partial charge in [0.1, 0.15) is 0 Å². The number of hydrogen-bond donors (Lipinski definition) is 1. The maximum Gasteiger partial charge on any atom is 0.203 e. The maximum atomic E-state index is 5.49. The first-order chi connectivity index (χ1) is 14.7. The van der Waals surface area contributed by atoms with E-state index in [1.807, 2.05) is 19.2 Å². The quantitative estimate of drug-likeness (QED) is 0.400. The Hall–Kier alpha value is -2.41. The molecule has 1 aliphatic heterocycles. The van der Waals surface area contributed by atoms with Gasteiger partial charge in [-0.15, -0.1) is 0 Å². The van der Waals surface area contributed by atoms with E-state index in [-0.39, 0.29) is 0 Å². The van der Waals surface area contributed by atoms with Crippen LogP contribution in [0.4, 0.5) is 0 Å². The largest absolute Gasteiger partial charge is 0.493 e. The molecule has 166 valence electrons. The van der Waals surface area contributed by atoms with Crippen molar-refractivity contribution in [3.63, 3.8) is 0 Å². The number of nitrogens with zero attached hydrogens (tertiary/aromatic N) is 3. The number of allylic oxidation sites excluding steroid dienone is 1. The van der Waals surface area contributed by atoms with Gasteiger partial charge in [-0.3, -0.25) is 9.89 Å². The third-order valence-corrected chi connectivity index (χ3v) is 5.88. The average Bonchev–Trinajstić information content (AvgIpc) is 3.30. The van der Waals surface area contributed by atoms with Gasteiger partial charge in [0.15, 0.2) is 17.5 Å². The minimum atomic E-state index is 0.636. The topological polar surface area (TPSA) is 58.6 Å². The van der Waals surface area contributed by atoms with Crippen molar-refractivity contribution >= 4 is 5.96 Å². The number of piperazine rings is 1. The van der Waals surface area contributed by atoms with Crippen molar-refractivity contribution in [2.45, 2.75) is 32.2 Å². The van der Waals surface area contributed by atoms with Crippen molar-refractivity contribution in [2.75, 3.05) is 61.1 Å². The number of rotatable bonds is 8. The van der Waals surface area contributed by atoms with Crippen LogP contribution in [0.25, 0.3) is 0 Å². The second kappa shape index (κ2) is 11.1. The fourth-order valence-electron chi connectivity index (χ4n) is 4.23. The van der Waals surface area contributed by atoms with E-state index in [9.17, 15) is 0 Å². The highest BCUT2D eigenvalue weighted by atomic mass is 16.5. The Balaban J connectivity index is 1.51. The number of methoxy groups -OCH3 is 3. The molecule has 7 heteroatoms. The lowest BCUT2D eigenvalue weighted by molar-refractivity contribution is 0.172. The summed E-state index contributed by atoms with van der Waals surface area (Å²) in [6.45, 7) is 5.72. The molecule has 1 aliphatic carbocycles. The van der Waals surface area contributed by atoms with Crippen LogP contribution in [-0.4, -0.2) is 76.9 Å². The summed E-state index contributed by atoms with van der Waals surface area (Å²) >= 11 is 0. The smallest absolute Gasteiger partial charge is 0.203 e. The number of aliphatic imine (C=N–C) groups is 1. The minimum Gasteiger partial charge on any atom is -0.493 e.